The minimum absolute atomic E-state index is 0. The van der Waals surface area contributed by atoms with Crippen LogP contribution in [-0.4, -0.2) is 53.4 Å². The number of halogens is 1. The number of hydrogen-bond acceptors (Lipinski definition) is 7. The highest BCUT2D eigenvalue weighted by molar-refractivity contribution is 7.12. The van der Waals surface area contributed by atoms with E-state index in [2.05, 4.69) is 43.5 Å². The molecule has 5 rings (SSSR count). The van der Waals surface area contributed by atoms with Gasteiger partial charge in [0.05, 0.1) is 23.4 Å². The Morgan fingerprint density at radius 1 is 0.974 bits per heavy atom. The topological polar surface area (TPSA) is 72.8 Å². The average molecular weight is 633 g/mol. The number of aryl methyl sites for hydroxylation is 1. The van der Waals surface area contributed by atoms with Crippen LogP contribution in [0.25, 0.3) is 0 Å². The molecule has 1 fully saturated rings. The molecule has 2 unspecified atom stereocenters. The second kappa shape index (κ2) is 12.5. The van der Waals surface area contributed by atoms with Crippen LogP contribution in [0, 0.1) is 0 Å². The van der Waals surface area contributed by atoms with Crippen molar-refractivity contribution in [3.8, 4) is 0 Å². The fourth-order valence-corrected chi connectivity index (χ4v) is 7.43. The molecular weight excluding hydrogens is 598 g/mol. The molecule has 9 heteroatoms. The van der Waals surface area contributed by atoms with Gasteiger partial charge in [0.2, 0.25) is 5.60 Å². The lowest BCUT2D eigenvalue weighted by Crippen LogP contribution is -3.00. The Kier molecular flexibility index (Phi) is 9.49. The first kappa shape index (κ1) is 29.7. The lowest BCUT2D eigenvalue weighted by Gasteiger charge is -2.47. The van der Waals surface area contributed by atoms with E-state index in [9.17, 15) is 14.7 Å². The summed E-state index contributed by atoms with van der Waals surface area (Å²) in [5.41, 5.74) is 0.589. The second-order valence-corrected chi connectivity index (χ2v) is 12.2. The van der Waals surface area contributed by atoms with Crippen molar-refractivity contribution in [1.29, 1.82) is 0 Å². The Morgan fingerprint density at radius 2 is 1.54 bits per heavy atom. The quantitative estimate of drug-likeness (QED) is 0.211. The molecule has 1 saturated heterocycles. The monoisotopic (exact) mass is 631 g/mol. The third-order valence-corrected chi connectivity index (χ3v) is 9.83. The van der Waals surface area contributed by atoms with Gasteiger partial charge in [0.1, 0.15) is 24.7 Å². The van der Waals surface area contributed by atoms with Gasteiger partial charge >= 0.3 is 11.9 Å². The van der Waals surface area contributed by atoms with E-state index >= 15 is 0 Å². The minimum atomic E-state index is -1.78. The van der Waals surface area contributed by atoms with Crippen molar-refractivity contribution < 1.29 is 45.6 Å². The molecule has 0 spiro atoms. The van der Waals surface area contributed by atoms with Gasteiger partial charge in [-0.2, -0.15) is 0 Å². The van der Waals surface area contributed by atoms with Crippen LogP contribution >= 0.6 is 22.7 Å². The third kappa shape index (κ3) is 6.07. The van der Waals surface area contributed by atoms with Crippen LogP contribution in [0.4, 0.5) is 0 Å². The van der Waals surface area contributed by atoms with Gasteiger partial charge in [0.25, 0.3) is 0 Å². The minimum Gasteiger partial charge on any atom is -1.00 e. The fourth-order valence-electron chi connectivity index (χ4n) is 5.71. The molecule has 0 radical (unpaired) electrons. The molecule has 2 aliphatic heterocycles. The molecule has 2 aliphatic rings. The van der Waals surface area contributed by atoms with Crippen molar-refractivity contribution in [1.82, 2.24) is 0 Å². The van der Waals surface area contributed by atoms with E-state index in [1.54, 1.807) is 12.1 Å². The summed E-state index contributed by atoms with van der Waals surface area (Å²) >= 11 is 2.72. The average Bonchev–Trinajstić information content (AvgIpc) is 3.66. The first-order valence-electron chi connectivity index (χ1n) is 13.1. The van der Waals surface area contributed by atoms with E-state index < -0.39 is 11.6 Å². The molecule has 6 nitrogen and oxygen atoms in total. The maximum Gasteiger partial charge on any atom is 0.349 e. The van der Waals surface area contributed by atoms with E-state index in [1.165, 1.54) is 28.2 Å². The summed E-state index contributed by atoms with van der Waals surface area (Å²) in [5, 5.41) is 15.3. The number of likely N-dealkylation sites (N-methyl/N-ethyl adjacent to an activating group) is 1. The fraction of sp³-hybridized carbons (Fsp3) is 0.400. The highest BCUT2D eigenvalue weighted by Crippen LogP contribution is 2.42. The van der Waals surface area contributed by atoms with Gasteiger partial charge in [-0.05, 0) is 54.0 Å². The molecule has 0 saturated carbocycles. The van der Waals surface area contributed by atoms with Gasteiger partial charge in [-0.1, -0.05) is 36.4 Å². The number of benzene rings is 1. The molecule has 1 N–H and O–H groups in total. The van der Waals surface area contributed by atoms with E-state index in [-0.39, 0.29) is 41.1 Å². The van der Waals surface area contributed by atoms with E-state index in [1.807, 2.05) is 29.8 Å². The number of hydrogen-bond donors (Lipinski definition) is 1. The Labute approximate surface area is 248 Å². The number of quaternary nitrogens is 1. The normalized spacial score (nSPS) is 23.7. The lowest BCUT2D eigenvalue weighted by atomic mass is 9.93. The Bertz CT molecular complexity index is 1220. The van der Waals surface area contributed by atoms with Crippen LogP contribution in [-0.2, 0) is 37.6 Å². The molecular formula is C30H34BrNO5S2. The number of thiophene rings is 2. The van der Waals surface area contributed by atoms with E-state index in [0.717, 1.165) is 29.4 Å². The Balaban J connectivity index is 0.00000353. The predicted octanol–water partition coefficient (Wildman–Crippen LogP) is 2.20. The molecule has 3 aromatic rings. The molecule has 208 valence electrons. The largest absolute Gasteiger partial charge is 1.00 e. The number of rotatable bonds is 10. The Morgan fingerprint density at radius 3 is 2.05 bits per heavy atom. The summed E-state index contributed by atoms with van der Waals surface area (Å²) < 4.78 is 11.9. The number of carbonyl (C=O) groups excluding carboxylic acids is 2. The number of aliphatic hydroxyl groups is 1. The predicted molar refractivity (Wildman–Crippen MR) is 149 cm³/mol. The summed E-state index contributed by atoms with van der Waals surface area (Å²) in [6, 6.07) is 16.2. The zero-order chi connectivity index (χ0) is 26.8. The summed E-state index contributed by atoms with van der Waals surface area (Å²) in [7, 11) is 2.27. The van der Waals surface area contributed by atoms with Crippen LogP contribution in [0.1, 0.15) is 47.1 Å². The number of fused-ring (bicyclic) bond motifs is 2. The number of nitrogens with zero attached hydrogens (tertiary/aromatic N) is 1. The first-order chi connectivity index (χ1) is 18.3. The maximum atomic E-state index is 13.5. The van der Waals surface area contributed by atoms with E-state index in [4.69, 9.17) is 9.47 Å². The van der Waals surface area contributed by atoms with Crippen molar-refractivity contribution in [3.05, 3.63) is 92.3 Å². The molecule has 4 atom stereocenters. The van der Waals surface area contributed by atoms with Crippen LogP contribution in [0.3, 0.4) is 0 Å². The maximum absolute atomic E-state index is 13.5. The standard InChI is InChI=1S/C30H34NO5S2.BrH/c1-3-35-28(32)15-12-21-8-10-22(11-9-21)20-31(2)23-13-14-24(31)19-25(18-23)36-29(33)30(34,26-6-4-16-37-26)27-7-5-17-38-27;/h4-11,13-14,16-17,23-25,34H,3,12,15,18-20H2,1-2H3;1H/q+1;/p-1/t23-,24+,25?,31?;. The third-order valence-electron chi connectivity index (χ3n) is 7.87. The van der Waals surface area contributed by atoms with Crippen molar-refractivity contribution in [3.63, 3.8) is 0 Å². The van der Waals surface area contributed by atoms with Gasteiger partial charge in [-0.25, -0.2) is 4.79 Å². The summed E-state index contributed by atoms with van der Waals surface area (Å²) in [5.74, 6) is -0.758. The molecule has 0 amide bonds. The van der Waals surface area contributed by atoms with Crippen molar-refractivity contribution in [2.75, 3.05) is 13.7 Å². The Hall–Kier alpha value is -2.30. The number of carbonyl (C=O) groups is 2. The zero-order valence-corrected chi connectivity index (χ0v) is 25.3. The van der Waals surface area contributed by atoms with Crippen molar-refractivity contribution in [2.24, 2.45) is 0 Å². The van der Waals surface area contributed by atoms with Gasteiger partial charge in [0, 0.05) is 24.8 Å². The lowest BCUT2D eigenvalue weighted by molar-refractivity contribution is -0.957. The summed E-state index contributed by atoms with van der Waals surface area (Å²) in [4.78, 5) is 26.3. The molecule has 4 heterocycles. The van der Waals surface area contributed by atoms with Crippen LogP contribution < -0.4 is 17.0 Å². The summed E-state index contributed by atoms with van der Waals surface area (Å²) in [6.45, 7) is 3.10. The molecule has 39 heavy (non-hydrogen) atoms. The van der Waals surface area contributed by atoms with Gasteiger partial charge in [-0.3, -0.25) is 4.79 Å². The zero-order valence-electron chi connectivity index (χ0n) is 22.1. The molecule has 0 aliphatic carbocycles. The number of piperidine rings is 1. The van der Waals surface area contributed by atoms with Gasteiger partial charge < -0.3 is 36.0 Å². The SMILES string of the molecule is CCOC(=O)CCc1ccc(C[N+]2(C)[C@@H]3C=C[C@H]2CC(OC(=O)C(O)(c2cccs2)c2cccs2)C3)cc1.[Br-]. The highest BCUT2D eigenvalue weighted by Gasteiger charge is 2.51. The van der Waals surface area contributed by atoms with Crippen LogP contribution in [0.2, 0.25) is 0 Å². The van der Waals surface area contributed by atoms with Crippen molar-refractivity contribution in [2.45, 2.75) is 62.9 Å². The highest BCUT2D eigenvalue weighted by atomic mass is 79.9. The first-order valence-corrected chi connectivity index (χ1v) is 14.9. The molecule has 2 bridgehead atoms. The van der Waals surface area contributed by atoms with Crippen molar-refractivity contribution >= 4 is 34.6 Å². The summed E-state index contributed by atoms with van der Waals surface area (Å²) in [6.07, 6.45) is 6.77. The molecule has 1 aromatic carbocycles. The van der Waals surface area contributed by atoms with Gasteiger partial charge in [-0.15, -0.1) is 22.7 Å². The smallest absolute Gasteiger partial charge is 0.349 e. The number of esters is 2. The number of ether oxygens (including phenoxy) is 2. The van der Waals surface area contributed by atoms with Crippen LogP contribution in [0.15, 0.2) is 71.4 Å². The van der Waals surface area contributed by atoms with E-state index in [0.29, 0.717) is 29.2 Å². The second-order valence-electron chi connectivity index (χ2n) is 10.3. The van der Waals surface area contributed by atoms with Crippen LogP contribution in [0.5, 0.6) is 0 Å². The molecule has 2 aromatic heterocycles. The van der Waals surface area contributed by atoms with Gasteiger partial charge in [0.15, 0.2) is 0 Å².